The molecule has 0 aliphatic heterocycles. The van der Waals surface area contributed by atoms with Crippen molar-refractivity contribution in [1.82, 2.24) is 14.8 Å². The van der Waals surface area contributed by atoms with E-state index in [1.54, 1.807) is 24.5 Å². The molecule has 3 heterocycles. The van der Waals surface area contributed by atoms with Gasteiger partial charge in [0.05, 0.1) is 24.2 Å². The fourth-order valence-electron chi connectivity index (χ4n) is 2.48. The third-order valence-electron chi connectivity index (χ3n) is 3.82. The first-order valence-corrected chi connectivity index (χ1v) is 8.86. The molecule has 0 saturated carbocycles. The Labute approximate surface area is 155 Å². The summed E-state index contributed by atoms with van der Waals surface area (Å²) in [5.41, 5.74) is 0.893. The first-order valence-electron chi connectivity index (χ1n) is 7.98. The number of hydrogen-bond donors (Lipinski definition) is 0. The highest BCUT2D eigenvalue weighted by Gasteiger charge is 2.21. The Balaban J connectivity index is 1.86. The lowest BCUT2D eigenvalue weighted by molar-refractivity contribution is 0.0563. The monoisotopic (exact) mass is 373 g/mol. The number of aryl methyl sites for hydroxylation is 1. The highest BCUT2D eigenvalue weighted by Crippen LogP contribution is 2.36. The number of furan rings is 2. The van der Waals surface area contributed by atoms with Gasteiger partial charge >= 0.3 is 5.97 Å². The minimum atomic E-state index is -0.499. The fourth-order valence-corrected chi connectivity index (χ4v) is 3.42. The second kappa shape index (κ2) is 7.65. The maximum atomic E-state index is 11.5. The van der Waals surface area contributed by atoms with Gasteiger partial charge in [-0.15, -0.1) is 16.8 Å². The zero-order valence-corrected chi connectivity index (χ0v) is 15.6. The van der Waals surface area contributed by atoms with Gasteiger partial charge < -0.3 is 13.6 Å². The Bertz CT molecular complexity index is 925. The molecule has 136 valence electrons. The number of carbonyl (C=O) groups is 1. The number of thioether (sulfide) groups is 1. The van der Waals surface area contributed by atoms with Crippen LogP contribution in [0.15, 0.2) is 51.1 Å². The summed E-state index contributed by atoms with van der Waals surface area (Å²) in [6.45, 7) is 8.23. The first kappa shape index (κ1) is 18.1. The molecule has 7 nitrogen and oxygen atoms in total. The van der Waals surface area contributed by atoms with E-state index in [2.05, 4.69) is 21.5 Å². The topological polar surface area (TPSA) is 83.3 Å². The van der Waals surface area contributed by atoms with Crippen molar-refractivity contribution in [3.8, 4) is 11.4 Å². The molecule has 0 aromatic carbocycles. The summed E-state index contributed by atoms with van der Waals surface area (Å²) >= 11 is 1.48. The van der Waals surface area contributed by atoms with Crippen LogP contribution < -0.4 is 0 Å². The van der Waals surface area contributed by atoms with E-state index in [1.165, 1.54) is 18.9 Å². The molecule has 0 spiro atoms. The number of carbonyl (C=O) groups excluding carboxylic acids is 1. The highest BCUT2D eigenvalue weighted by atomic mass is 32.2. The standard InChI is InChI=1S/C18H19N3O4S/c1-5-9-21-16(13-8-10-24-11(13)2)19-20-18(21)26-12(3)14-6-7-15(25-14)17(22)23-4/h5-8,10,12H,1,9H2,2-4H3. The Hall–Kier alpha value is -2.74. The number of rotatable bonds is 7. The van der Waals surface area contributed by atoms with Gasteiger partial charge in [0.1, 0.15) is 11.5 Å². The van der Waals surface area contributed by atoms with Crippen molar-refractivity contribution in [3.05, 3.63) is 54.4 Å². The van der Waals surface area contributed by atoms with Crippen molar-refractivity contribution in [3.63, 3.8) is 0 Å². The average molecular weight is 373 g/mol. The minimum absolute atomic E-state index is 0.0699. The van der Waals surface area contributed by atoms with E-state index in [4.69, 9.17) is 8.83 Å². The number of allylic oxidation sites excluding steroid dienone is 1. The zero-order valence-electron chi connectivity index (χ0n) is 14.8. The van der Waals surface area contributed by atoms with Crippen LogP contribution in [-0.4, -0.2) is 27.8 Å². The van der Waals surface area contributed by atoms with Gasteiger partial charge in [0.15, 0.2) is 11.0 Å². The minimum Gasteiger partial charge on any atom is -0.469 e. The molecule has 0 fully saturated rings. The summed E-state index contributed by atoms with van der Waals surface area (Å²) in [6, 6.07) is 5.23. The van der Waals surface area contributed by atoms with Crippen LogP contribution in [0.5, 0.6) is 0 Å². The second-order valence-electron chi connectivity index (χ2n) is 5.55. The van der Waals surface area contributed by atoms with Crippen LogP contribution in [0.1, 0.15) is 34.2 Å². The summed E-state index contributed by atoms with van der Waals surface area (Å²) in [4.78, 5) is 11.5. The van der Waals surface area contributed by atoms with Crippen molar-refractivity contribution in [2.75, 3.05) is 7.11 Å². The molecule has 26 heavy (non-hydrogen) atoms. The summed E-state index contributed by atoms with van der Waals surface area (Å²) in [7, 11) is 1.32. The van der Waals surface area contributed by atoms with Crippen LogP contribution in [0, 0.1) is 6.92 Å². The van der Waals surface area contributed by atoms with Crippen LogP contribution >= 0.6 is 11.8 Å². The van der Waals surface area contributed by atoms with Gasteiger partial charge in [-0.1, -0.05) is 17.8 Å². The normalized spacial score (nSPS) is 12.1. The van der Waals surface area contributed by atoms with Gasteiger partial charge in [0.2, 0.25) is 5.76 Å². The molecular weight excluding hydrogens is 354 g/mol. The van der Waals surface area contributed by atoms with E-state index >= 15 is 0 Å². The molecule has 1 atom stereocenters. The van der Waals surface area contributed by atoms with Gasteiger partial charge in [-0.25, -0.2) is 4.79 Å². The molecule has 3 rings (SSSR count). The molecule has 0 bridgehead atoms. The van der Waals surface area contributed by atoms with Gasteiger partial charge in [0, 0.05) is 6.54 Å². The molecule has 8 heteroatoms. The zero-order chi connectivity index (χ0) is 18.7. The van der Waals surface area contributed by atoms with Crippen molar-refractivity contribution in [1.29, 1.82) is 0 Å². The SMILES string of the molecule is C=CCn1c(SC(C)c2ccc(C(=O)OC)o2)nnc1-c1ccoc1C. The van der Waals surface area contributed by atoms with Crippen LogP contribution in [0.2, 0.25) is 0 Å². The fraction of sp³-hybridized carbons (Fsp3) is 0.278. The molecule has 0 amide bonds. The Morgan fingerprint density at radius 2 is 2.23 bits per heavy atom. The van der Waals surface area contributed by atoms with E-state index in [9.17, 15) is 4.79 Å². The first-order chi connectivity index (χ1) is 12.5. The number of ether oxygens (including phenoxy) is 1. The van der Waals surface area contributed by atoms with E-state index < -0.39 is 5.97 Å². The number of nitrogens with zero attached hydrogens (tertiary/aromatic N) is 3. The maximum Gasteiger partial charge on any atom is 0.373 e. The molecule has 0 aliphatic carbocycles. The molecule has 1 unspecified atom stereocenters. The Morgan fingerprint density at radius 1 is 1.42 bits per heavy atom. The van der Waals surface area contributed by atoms with E-state index in [0.29, 0.717) is 12.3 Å². The number of methoxy groups -OCH3 is 1. The van der Waals surface area contributed by atoms with Gasteiger partial charge in [-0.2, -0.15) is 0 Å². The van der Waals surface area contributed by atoms with Crippen LogP contribution in [0.3, 0.4) is 0 Å². The molecule has 0 aliphatic rings. The highest BCUT2D eigenvalue weighted by molar-refractivity contribution is 7.99. The third-order valence-corrected chi connectivity index (χ3v) is 4.92. The maximum absolute atomic E-state index is 11.5. The number of aromatic nitrogens is 3. The molecule has 0 saturated heterocycles. The molecule has 3 aromatic rings. The summed E-state index contributed by atoms with van der Waals surface area (Å²) in [5.74, 6) is 1.84. The predicted molar refractivity (Wildman–Crippen MR) is 97.0 cm³/mol. The Kier molecular flexibility index (Phi) is 5.32. The van der Waals surface area contributed by atoms with Crippen LogP contribution in [0.25, 0.3) is 11.4 Å². The predicted octanol–water partition coefficient (Wildman–Crippen LogP) is 4.27. The lowest BCUT2D eigenvalue weighted by Crippen LogP contribution is -2.02. The summed E-state index contributed by atoms with van der Waals surface area (Å²) in [5, 5.41) is 9.28. The Morgan fingerprint density at radius 3 is 2.88 bits per heavy atom. The second-order valence-corrected chi connectivity index (χ2v) is 6.86. The molecular formula is C18H19N3O4S. The van der Waals surface area contributed by atoms with Crippen molar-refractivity contribution < 1.29 is 18.4 Å². The quantitative estimate of drug-likeness (QED) is 0.347. The van der Waals surface area contributed by atoms with Crippen LogP contribution in [0.4, 0.5) is 0 Å². The van der Waals surface area contributed by atoms with Crippen LogP contribution in [-0.2, 0) is 11.3 Å². The van der Waals surface area contributed by atoms with Gasteiger partial charge in [-0.3, -0.25) is 4.57 Å². The number of esters is 1. The van der Waals surface area contributed by atoms with E-state index in [-0.39, 0.29) is 11.0 Å². The van der Waals surface area contributed by atoms with E-state index in [0.717, 1.165) is 22.3 Å². The molecule has 0 radical (unpaired) electrons. The molecule has 0 N–H and O–H groups in total. The van der Waals surface area contributed by atoms with E-state index in [1.807, 2.05) is 24.5 Å². The van der Waals surface area contributed by atoms with Crippen molar-refractivity contribution in [2.24, 2.45) is 0 Å². The summed E-state index contributed by atoms with van der Waals surface area (Å²) < 4.78 is 17.6. The lowest BCUT2D eigenvalue weighted by atomic mass is 10.2. The number of hydrogen-bond acceptors (Lipinski definition) is 7. The van der Waals surface area contributed by atoms with Gasteiger partial charge in [-0.05, 0) is 32.0 Å². The lowest BCUT2D eigenvalue weighted by Gasteiger charge is -2.10. The average Bonchev–Trinajstić information content (AvgIpc) is 3.35. The van der Waals surface area contributed by atoms with Crippen molar-refractivity contribution >= 4 is 17.7 Å². The smallest absolute Gasteiger partial charge is 0.373 e. The summed E-state index contributed by atoms with van der Waals surface area (Å²) in [6.07, 6.45) is 3.42. The largest absolute Gasteiger partial charge is 0.469 e. The van der Waals surface area contributed by atoms with Crippen molar-refractivity contribution in [2.45, 2.75) is 30.8 Å². The van der Waals surface area contributed by atoms with Gasteiger partial charge in [0.25, 0.3) is 0 Å². The third kappa shape index (κ3) is 3.45. The molecule has 3 aromatic heterocycles.